The predicted molar refractivity (Wildman–Crippen MR) is 74.2 cm³/mol. The van der Waals surface area contributed by atoms with E-state index in [9.17, 15) is 0 Å². The van der Waals surface area contributed by atoms with Gasteiger partial charge in [-0.25, -0.2) is 0 Å². The second-order valence-electron chi connectivity index (χ2n) is 3.68. The molecule has 0 saturated carbocycles. The topological polar surface area (TPSA) is 58.6 Å². The van der Waals surface area contributed by atoms with Crippen LogP contribution in [0.1, 0.15) is 31.7 Å². The van der Waals surface area contributed by atoms with Crippen LogP contribution in [0.15, 0.2) is 28.3 Å². The van der Waals surface area contributed by atoms with Gasteiger partial charge in [-0.3, -0.25) is 0 Å². The Morgan fingerprint density at radius 2 is 2.24 bits per heavy atom. The number of thioether (sulfide) groups is 1. The first-order valence-electron chi connectivity index (χ1n) is 5.59. The number of benzene rings is 1. The third-order valence-electron chi connectivity index (χ3n) is 2.34. The Morgan fingerprint density at radius 3 is 2.82 bits per heavy atom. The minimum atomic E-state index is 0.0394. The van der Waals surface area contributed by atoms with Gasteiger partial charge in [-0.1, -0.05) is 36.5 Å². The van der Waals surface area contributed by atoms with Gasteiger partial charge in [0, 0.05) is 10.5 Å². The van der Waals surface area contributed by atoms with Gasteiger partial charge in [-0.05, 0) is 30.4 Å². The minimum absolute atomic E-state index is 0.0394. The standard InChI is InChI=1S/C12H17ClN2OS/c1-2-3-4-7-17-9-5-6-10(11(13)8-9)12(14)15-16/h5-6,8,16H,2-4,7H2,1H3,(H2,14,15). The molecule has 0 aliphatic heterocycles. The second-order valence-corrected chi connectivity index (χ2v) is 5.26. The first-order valence-corrected chi connectivity index (χ1v) is 6.95. The molecule has 3 N–H and O–H groups in total. The van der Waals surface area contributed by atoms with Crippen LogP contribution in [0.25, 0.3) is 0 Å². The predicted octanol–water partition coefficient (Wildman–Crippen LogP) is 3.72. The summed E-state index contributed by atoms with van der Waals surface area (Å²) < 4.78 is 0. The van der Waals surface area contributed by atoms with Crippen LogP contribution in [0, 0.1) is 0 Å². The van der Waals surface area contributed by atoms with E-state index in [1.165, 1.54) is 19.3 Å². The Balaban J connectivity index is 2.63. The van der Waals surface area contributed by atoms with Gasteiger partial charge < -0.3 is 10.9 Å². The smallest absolute Gasteiger partial charge is 0.171 e. The lowest BCUT2D eigenvalue weighted by molar-refractivity contribution is 0.318. The fraction of sp³-hybridized carbons (Fsp3) is 0.417. The Morgan fingerprint density at radius 1 is 1.47 bits per heavy atom. The van der Waals surface area contributed by atoms with Crippen LogP contribution < -0.4 is 5.73 Å². The van der Waals surface area contributed by atoms with E-state index in [0.717, 1.165) is 10.6 Å². The SMILES string of the molecule is CCCCCSc1ccc(/C(N)=N/O)c(Cl)c1. The van der Waals surface area contributed by atoms with E-state index >= 15 is 0 Å². The average Bonchev–Trinajstić information content (AvgIpc) is 2.34. The summed E-state index contributed by atoms with van der Waals surface area (Å²) in [5.74, 6) is 1.13. The van der Waals surface area contributed by atoms with Crippen molar-refractivity contribution < 1.29 is 5.21 Å². The molecule has 0 heterocycles. The van der Waals surface area contributed by atoms with Crippen LogP contribution in [0.4, 0.5) is 0 Å². The van der Waals surface area contributed by atoms with E-state index < -0.39 is 0 Å². The molecule has 0 spiro atoms. The zero-order chi connectivity index (χ0) is 12.7. The number of oxime groups is 1. The number of hydrogen-bond donors (Lipinski definition) is 2. The summed E-state index contributed by atoms with van der Waals surface area (Å²) in [6, 6.07) is 5.57. The Bertz CT molecular complexity index is 396. The molecule has 0 unspecified atom stereocenters. The molecule has 0 fully saturated rings. The largest absolute Gasteiger partial charge is 0.409 e. The molecule has 0 aliphatic rings. The summed E-state index contributed by atoms with van der Waals surface area (Å²) in [6.45, 7) is 2.19. The first kappa shape index (κ1) is 14.2. The molecule has 0 aliphatic carbocycles. The van der Waals surface area contributed by atoms with Crippen molar-refractivity contribution in [1.29, 1.82) is 0 Å². The maximum atomic E-state index is 8.58. The van der Waals surface area contributed by atoms with Crippen molar-refractivity contribution in [2.24, 2.45) is 10.9 Å². The zero-order valence-corrected chi connectivity index (χ0v) is 11.4. The lowest BCUT2D eigenvalue weighted by atomic mass is 10.2. The van der Waals surface area contributed by atoms with Gasteiger partial charge in [0.2, 0.25) is 0 Å². The highest BCUT2D eigenvalue weighted by Gasteiger charge is 2.06. The number of unbranched alkanes of at least 4 members (excludes halogenated alkanes) is 2. The number of amidine groups is 1. The van der Waals surface area contributed by atoms with Crippen molar-refractivity contribution in [3.05, 3.63) is 28.8 Å². The van der Waals surface area contributed by atoms with Gasteiger partial charge in [-0.2, -0.15) is 0 Å². The van der Waals surface area contributed by atoms with E-state index in [4.69, 9.17) is 22.5 Å². The van der Waals surface area contributed by atoms with Gasteiger partial charge in [0.25, 0.3) is 0 Å². The highest BCUT2D eigenvalue weighted by molar-refractivity contribution is 7.99. The van der Waals surface area contributed by atoms with E-state index in [2.05, 4.69) is 12.1 Å². The van der Waals surface area contributed by atoms with E-state index in [0.29, 0.717) is 10.6 Å². The summed E-state index contributed by atoms with van der Waals surface area (Å²) in [5.41, 5.74) is 6.06. The van der Waals surface area contributed by atoms with Crippen LogP contribution in [0.2, 0.25) is 5.02 Å². The Labute approximate surface area is 111 Å². The second kappa shape index (κ2) is 7.45. The Hall–Kier alpha value is -0.870. The maximum Gasteiger partial charge on any atom is 0.171 e. The number of nitrogens with two attached hydrogens (primary N) is 1. The molecule has 0 bridgehead atoms. The van der Waals surface area contributed by atoms with Crippen molar-refractivity contribution in [3.63, 3.8) is 0 Å². The highest BCUT2D eigenvalue weighted by atomic mass is 35.5. The summed E-state index contributed by atoms with van der Waals surface area (Å²) in [6.07, 6.45) is 3.69. The number of hydrogen-bond acceptors (Lipinski definition) is 3. The summed E-state index contributed by atoms with van der Waals surface area (Å²) in [4.78, 5) is 1.11. The molecule has 1 aromatic carbocycles. The van der Waals surface area contributed by atoms with Gasteiger partial charge in [-0.15, -0.1) is 11.8 Å². The molecule has 0 atom stereocenters. The number of rotatable bonds is 6. The maximum absolute atomic E-state index is 8.58. The fourth-order valence-corrected chi connectivity index (χ4v) is 2.68. The molecule has 1 rings (SSSR count). The highest BCUT2D eigenvalue weighted by Crippen LogP contribution is 2.25. The van der Waals surface area contributed by atoms with E-state index in [-0.39, 0.29) is 5.84 Å². The molecule has 0 amide bonds. The lowest BCUT2D eigenvalue weighted by Gasteiger charge is -2.05. The molecule has 17 heavy (non-hydrogen) atoms. The molecule has 0 aromatic heterocycles. The summed E-state index contributed by atoms with van der Waals surface area (Å²) in [7, 11) is 0. The van der Waals surface area contributed by atoms with Crippen molar-refractivity contribution in [3.8, 4) is 0 Å². The molecule has 3 nitrogen and oxygen atoms in total. The van der Waals surface area contributed by atoms with Gasteiger partial charge in [0.1, 0.15) is 0 Å². The number of halogens is 1. The average molecular weight is 273 g/mol. The molecule has 0 saturated heterocycles. The molecular weight excluding hydrogens is 256 g/mol. The molecule has 5 heteroatoms. The molecule has 94 valence electrons. The molecular formula is C12H17ClN2OS. The summed E-state index contributed by atoms with van der Waals surface area (Å²) >= 11 is 7.83. The van der Waals surface area contributed by atoms with Crippen LogP contribution >= 0.6 is 23.4 Å². The van der Waals surface area contributed by atoms with Crippen molar-refractivity contribution in [1.82, 2.24) is 0 Å². The third-order valence-corrected chi connectivity index (χ3v) is 3.73. The van der Waals surface area contributed by atoms with Crippen LogP contribution in [0.5, 0.6) is 0 Å². The zero-order valence-electron chi connectivity index (χ0n) is 9.82. The fourth-order valence-electron chi connectivity index (χ4n) is 1.39. The van der Waals surface area contributed by atoms with E-state index in [1.54, 1.807) is 17.8 Å². The van der Waals surface area contributed by atoms with Gasteiger partial charge in [0.05, 0.1) is 5.02 Å². The Kier molecular flexibility index (Phi) is 6.22. The molecule has 1 aromatic rings. The van der Waals surface area contributed by atoms with Gasteiger partial charge >= 0.3 is 0 Å². The normalized spacial score (nSPS) is 11.8. The van der Waals surface area contributed by atoms with Crippen LogP contribution in [-0.2, 0) is 0 Å². The summed E-state index contributed by atoms with van der Waals surface area (Å²) in [5, 5.41) is 12.0. The van der Waals surface area contributed by atoms with Crippen LogP contribution in [0.3, 0.4) is 0 Å². The third kappa shape index (κ3) is 4.48. The minimum Gasteiger partial charge on any atom is -0.409 e. The van der Waals surface area contributed by atoms with Crippen molar-refractivity contribution in [2.75, 3.05) is 5.75 Å². The quantitative estimate of drug-likeness (QED) is 0.207. The van der Waals surface area contributed by atoms with Crippen molar-refractivity contribution >= 4 is 29.2 Å². The number of nitrogens with zero attached hydrogens (tertiary/aromatic N) is 1. The van der Waals surface area contributed by atoms with E-state index in [1.807, 2.05) is 12.1 Å². The van der Waals surface area contributed by atoms with Gasteiger partial charge in [0.15, 0.2) is 5.84 Å². The van der Waals surface area contributed by atoms with Crippen molar-refractivity contribution in [2.45, 2.75) is 31.1 Å². The monoisotopic (exact) mass is 272 g/mol. The lowest BCUT2D eigenvalue weighted by Crippen LogP contribution is -2.13. The van der Waals surface area contributed by atoms with Crippen LogP contribution in [-0.4, -0.2) is 16.8 Å². The molecule has 0 radical (unpaired) electrons. The first-order chi connectivity index (χ1) is 8.19.